The van der Waals surface area contributed by atoms with Gasteiger partial charge in [0.05, 0.1) is 41.3 Å². The lowest BCUT2D eigenvalue weighted by atomic mass is 9.87. The van der Waals surface area contributed by atoms with E-state index in [0.29, 0.717) is 47.9 Å². The van der Waals surface area contributed by atoms with E-state index in [0.717, 1.165) is 28.8 Å². The van der Waals surface area contributed by atoms with E-state index in [9.17, 15) is 18.0 Å². The van der Waals surface area contributed by atoms with E-state index in [-0.39, 0.29) is 41.4 Å². The number of aromatic amines is 1. The molecule has 1 aliphatic rings. The maximum absolute atomic E-state index is 15.8. The number of esters is 1. The molecule has 6 rings (SSSR count). The van der Waals surface area contributed by atoms with E-state index in [1.54, 1.807) is 43.6 Å². The number of carbonyl (C=O) groups excluding carboxylic acids is 2. The maximum Gasteiger partial charge on any atom is 0.308 e. The SMILES string of the molecule is CCOC(=O)[C@@H](C)Cc1cccc(C2CCCC(C)(C)CS(=O)(=O)CCc3c(c(F)cc4[nH]ccc34)C(=O)c3cccc(c3)-c3ccnn32)c1. The summed E-state index contributed by atoms with van der Waals surface area (Å²) in [6, 6.07) is 20.0. The first-order valence-corrected chi connectivity index (χ1v) is 19.1. The van der Waals surface area contributed by atoms with Crippen LogP contribution >= 0.6 is 0 Å². The molecule has 10 heteroatoms. The van der Waals surface area contributed by atoms with Crippen molar-refractivity contribution in [3.63, 3.8) is 0 Å². The fourth-order valence-electron chi connectivity index (χ4n) is 7.35. The third kappa shape index (κ3) is 7.60. The van der Waals surface area contributed by atoms with Crippen LogP contribution in [0.2, 0.25) is 0 Å². The Kier molecular flexibility index (Phi) is 10.1. The summed E-state index contributed by atoms with van der Waals surface area (Å²) < 4.78 is 50.3. The number of aryl methyl sites for hydroxylation is 1. The Morgan fingerprint density at radius 3 is 2.68 bits per heavy atom. The van der Waals surface area contributed by atoms with Crippen LogP contribution < -0.4 is 0 Å². The molecule has 5 aromatic rings. The second-order valence-corrected chi connectivity index (χ2v) is 16.4. The number of benzene rings is 3. The van der Waals surface area contributed by atoms with Gasteiger partial charge < -0.3 is 9.72 Å². The largest absolute Gasteiger partial charge is 0.466 e. The smallest absolute Gasteiger partial charge is 0.308 e. The predicted octanol–water partition coefficient (Wildman–Crippen LogP) is 7.90. The van der Waals surface area contributed by atoms with Gasteiger partial charge in [-0.2, -0.15) is 5.10 Å². The molecule has 262 valence electrons. The molecule has 0 amide bonds. The fourth-order valence-corrected chi connectivity index (χ4v) is 9.35. The molecule has 0 fully saturated rings. The van der Waals surface area contributed by atoms with Crippen LogP contribution in [-0.2, 0) is 32.2 Å². The van der Waals surface area contributed by atoms with Crippen molar-refractivity contribution < 1.29 is 27.1 Å². The molecule has 0 aliphatic carbocycles. The number of fused-ring (bicyclic) bond motifs is 7. The number of sulfone groups is 1. The minimum absolute atomic E-state index is 0.0191. The van der Waals surface area contributed by atoms with Crippen molar-refractivity contribution in [3.05, 3.63) is 113 Å². The van der Waals surface area contributed by atoms with Gasteiger partial charge in [0.25, 0.3) is 0 Å². The topological polar surface area (TPSA) is 111 Å². The summed E-state index contributed by atoms with van der Waals surface area (Å²) in [6.07, 6.45) is 6.00. The van der Waals surface area contributed by atoms with Crippen molar-refractivity contribution in [2.24, 2.45) is 11.3 Å². The summed E-state index contributed by atoms with van der Waals surface area (Å²) in [5.74, 6) is -1.97. The van der Waals surface area contributed by atoms with Crippen molar-refractivity contribution in [2.75, 3.05) is 18.1 Å². The molecule has 3 heterocycles. The number of aromatic nitrogens is 3. The van der Waals surface area contributed by atoms with Crippen LogP contribution in [0, 0.1) is 17.2 Å². The highest BCUT2D eigenvalue weighted by Gasteiger charge is 2.30. The number of halogens is 1. The Balaban J connectivity index is 1.46. The molecule has 0 saturated carbocycles. The molecular weight excluding hydrogens is 654 g/mol. The molecule has 3 aromatic carbocycles. The number of H-pyrrole nitrogens is 1. The quantitative estimate of drug-likeness (QED) is 0.187. The van der Waals surface area contributed by atoms with Crippen LogP contribution in [0.15, 0.2) is 79.1 Å². The highest BCUT2D eigenvalue weighted by atomic mass is 32.2. The molecule has 2 aromatic heterocycles. The van der Waals surface area contributed by atoms with E-state index in [2.05, 4.69) is 11.1 Å². The van der Waals surface area contributed by atoms with Gasteiger partial charge in [-0.05, 0) is 79.0 Å². The lowest BCUT2D eigenvalue weighted by Gasteiger charge is -2.27. The Bertz CT molecular complexity index is 2150. The van der Waals surface area contributed by atoms with Crippen molar-refractivity contribution in [1.29, 1.82) is 0 Å². The third-order valence-corrected chi connectivity index (χ3v) is 11.7. The molecule has 1 N–H and O–H groups in total. The van der Waals surface area contributed by atoms with Gasteiger partial charge >= 0.3 is 5.97 Å². The Hall–Kier alpha value is -4.57. The Labute approximate surface area is 293 Å². The molecule has 1 aliphatic heterocycles. The third-order valence-electron chi connectivity index (χ3n) is 9.70. The number of rotatable bonds is 5. The van der Waals surface area contributed by atoms with Crippen LogP contribution in [0.1, 0.15) is 85.6 Å². The van der Waals surface area contributed by atoms with Gasteiger partial charge in [0.2, 0.25) is 0 Å². The van der Waals surface area contributed by atoms with Crippen molar-refractivity contribution in [2.45, 2.75) is 65.8 Å². The predicted molar refractivity (Wildman–Crippen MR) is 193 cm³/mol. The zero-order chi connectivity index (χ0) is 35.6. The lowest BCUT2D eigenvalue weighted by molar-refractivity contribution is -0.147. The Morgan fingerprint density at radius 1 is 1.10 bits per heavy atom. The van der Waals surface area contributed by atoms with Crippen molar-refractivity contribution in [1.82, 2.24) is 14.8 Å². The summed E-state index contributed by atoms with van der Waals surface area (Å²) in [4.78, 5) is 29.6. The van der Waals surface area contributed by atoms with Gasteiger partial charge in [0.1, 0.15) is 5.82 Å². The minimum Gasteiger partial charge on any atom is -0.466 e. The molecule has 50 heavy (non-hydrogen) atoms. The summed E-state index contributed by atoms with van der Waals surface area (Å²) >= 11 is 0. The van der Waals surface area contributed by atoms with Crippen LogP contribution in [0.4, 0.5) is 4.39 Å². The zero-order valence-corrected chi connectivity index (χ0v) is 29.9. The summed E-state index contributed by atoms with van der Waals surface area (Å²) in [6.45, 7) is 7.93. The molecule has 0 spiro atoms. The van der Waals surface area contributed by atoms with Gasteiger partial charge in [0.15, 0.2) is 15.6 Å². The average molecular weight is 698 g/mol. The van der Waals surface area contributed by atoms with Gasteiger partial charge in [0, 0.05) is 34.4 Å². The van der Waals surface area contributed by atoms with E-state index in [1.807, 2.05) is 55.8 Å². The number of ketones is 1. The van der Waals surface area contributed by atoms with E-state index >= 15 is 4.39 Å². The molecule has 0 radical (unpaired) electrons. The molecule has 0 saturated heterocycles. The van der Waals surface area contributed by atoms with Gasteiger partial charge in [-0.25, -0.2) is 12.8 Å². The normalized spacial score (nSPS) is 18.5. The van der Waals surface area contributed by atoms with Crippen LogP contribution in [0.25, 0.3) is 22.2 Å². The molecule has 1 unspecified atom stereocenters. The highest BCUT2D eigenvalue weighted by Crippen LogP contribution is 2.35. The number of hydrogen-bond donors (Lipinski definition) is 1. The lowest BCUT2D eigenvalue weighted by Crippen LogP contribution is -2.27. The van der Waals surface area contributed by atoms with Crippen molar-refractivity contribution in [3.8, 4) is 11.3 Å². The number of nitrogens with zero attached hydrogens (tertiary/aromatic N) is 2. The van der Waals surface area contributed by atoms with E-state index in [1.165, 1.54) is 6.07 Å². The molecule has 2 bridgehead atoms. The monoisotopic (exact) mass is 697 g/mol. The first-order valence-electron chi connectivity index (χ1n) is 17.3. The molecular formula is C40H44FN3O5S. The highest BCUT2D eigenvalue weighted by molar-refractivity contribution is 7.91. The number of ether oxygens (including phenoxy) is 1. The summed E-state index contributed by atoms with van der Waals surface area (Å²) in [5.41, 5.74) is 4.12. The van der Waals surface area contributed by atoms with Crippen LogP contribution in [-0.4, -0.2) is 53.0 Å². The minimum atomic E-state index is -3.57. The summed E-state index contributed by atoms with van der Waals surface area (Å²) in [7, 11) is -3.57. The van der Waals surface area contributed by atoms with E-state index in [4.69, 9.17) is 9.84 Å². The second kappa shape index (κ2) is 14.3. The Morgan fingerprint density at radius 2 is 1.88 bits per heavy atom. The number of carbonyl (C=O) groups is 2. The zero-order valence-electron chi connectivity index (χ0n) is 29.0. The molecule has 2 atom stereocenters. The van der Waals surface area contributed by atoms with Crippen LogP contribution in [0.3, 0.4) is 0 Å². The fraction of sp³-hybridized carbons (Fsp3) is 0.375. The second-order valence-electron chi connectivity index (χ2n) is 14.2. The first-order chi connectivity index (χ1) is 23.9. The first kappa shape index (κ1) is 35.3. The van der Waals surface area contributed by atoms with Gasteiger partial charge in [-0.3, -0.25) is 14.3 Å². The average Bonchev–Trinajstić information content (AvgIpc) is 3.75. The van der Waals surface area contributed by atoms with Gasteiger partial charge in [-0.1, -0.05) is 69.7 Å². The van der Waals surface area contributed by atoms with Crippen molar-refractivity contribution >= 4 is 32.5 Å². The van der Waals surface area contributed by atoms with E-state index < -0.39 is 26.9 Å². The van der Waals surface area contributed by atoms with Crippen LogP contribution in [0.5, 0.6) is 0 Å². The molecule has 8 nitrogen and oxygen atoms in total. The van der Waals surface area contributed by atoms with Gasteiger partial charge in [-0.15, -0.1) is 0 Å². The summed E-state index contributed by atoms with van der Waals surface area (Å²) in [5, 5.41) is 5.42. The number of nitrogens with one attached hydrogen (secondary N) is 1. The number of hydrogen-bond acceptors (Lipinski definition) is 6. The maximum atomic E-state index is 15.8. The standard InChI is InChI=1S/C40H44FN3O5S/c1-5-49-39(46)26(2)21-27-9-6-10-28(22-27)35-13-8-17-40(3,4)25-50(47,48)20-16-32-31-14-18-42-34(31)24-33(41)37(32)38(45)30-12-7-11-29(23-30)36-15-19-43-44(35)36/h6-7,9-12,14-15,18-19,22-24,26,35,42H,5,8,13,16-17,20-21,25H2,1-4H3/t26-,35?/m0/s1.